The number of hydrogen-bond donors (Lipinski definition) is 0. The second-order valence-corrected chi connectivity index (χ2v) is 11.1. The van der Waals surface area contributed by atoms with Crippen molar-refractivity contribution in [3.8, 4) is 0 Å². The van der Waals surface area contributed by atoms with E-state index in [1.165, 1.54) is 11.1 Å². The molecule has 0 N–H and O–H groups in total. The average molecular weight is 525 g/mol. The summed E-state index contributed by atoms with van der Waals surface area (Å²) >= 11 is 0. The molecule has 2 aliphatic heterocycles. The molecule has 3 aromatic rings. The van der Waals surface area contributed by atoms with E-state index < -0.39 is 0 Å². The lowest BCUT2D eigenvalue weighted by atomic mass is 9.67. The Kier molecular flexibility index (Phi) is 9.02. The van der Waals surface area contributed by atoms with Crippen LogP contribution in [0.25, 0.3) is 0 Å². The topological polar surface area (TPSA) is 49.9 Å². The Hall–Kier alpha value is -3.12. The van der Waals surface area contributed by atoms with Gasteiger partial charge in [-0.25, -0.2) is 0 Å². The fraction of sp³-hybridized carbons (Fsp3) is 0.412. The third-order valence-corrected chi connectivity index (χ3v) is 8.62. The van der Waals surface area contributed by atoms with Crippen molar-refractivity contribution in [1.29, 1.82) is 0 Å². The van der Waals surface area contributed by atoms with E-state index in [1.807, 2.05) is 60.7 Å². The number of carbonyl (C=O) groups excluding carboxylic acids is 2. The van der Waals surface area contributed by atoms with Crippen molar-refractivity contribution in [3.05, 3.63) is 107 Å². The van der Waals surface area contributed by atoms with Crippen LogP contribution in [0.3, 0.4) is 0 Å². The Morgan fingerprint density at radius 2 is 1.26 bits per heavy atom. The first kappa shape index (κ1) is 27.4. The standard InChI is InChI=1S/C34H40N2O3/c1-25-11-9-16-29(26(25)2)32-30(33(37)27-12-5-3-6-13-27)23-36(18-10-17-35-19-21-39-22-20-35)24-31(32)34(38)28-14-7-4-8-15-28/h3-9,11-16,30-32H,10,17-24H2,1-2H3/t30-,31+,32+. The SMILES string of the molecule is Cc1cccc([C@@H]2[C@@H](C(=O)c3ccccc3)CN(CCCN3CCOCC3)C[C@H]2C(=O)c2ccccc2)c1C. The first-order chi connectivity index (χ1) is 19.0. The average Bonchev–Trinajstić information content (AvgIpc) is 2.99. The van der Waals surface area contributed by atoms with Gasteiger partial charge in [-0.1, -0.05) is 78.9 Å². The molecule has 0 aliphatic carbocycles. The van der Waals surface area contributed by atoms with Gasteiger partial charge >= 0.3 is 0 Å². The first-order valence-corrected chi connectivity index (χ1v) is 14.3. The minimum absolute atomic E-state index is 0.130. The van der Waals surface area contributed by atoms with Crippen LogP contribution in [-0.2, 0) is 4.74 Å². The molecule has 2 aliphatic rings. The molecule has 0 amide bonds. The Morgan fingerprint density at radius 1 is 0.718 bits per heavy atom. The van der Waals surface area contributed by atoms with Gasteiger partial charge in [0.15, 0.2) is 11.6 Å². The number of likely N-dealkylation sites (tertiary alicyclic amines) is 1. The van der Waals surface area contributed by atoms with Crippen molar-refractivity contribution in [2.45, 2.75) is 26.2 Å². The maximum Gasteiger partial charge on any atom is 0.167 e. The molecule has 0 aromatic heterocycles. The molecule has 5 heteroatoms. The second-order valence-electron chi connectivity index (χ2n) is 11.1. The van der Waals surface area contributed by atoms with Gasteiger partial charge in [-0.3, -0.25) is 14.5 Å². The maximum absolute atomic E-state index is 14.2. The second kappa shape index (κ2) is 12.8. The van der Waals surface area contributed by atoms with E-state index in [1.54, 1.807) is 0 Å². The molecule has 0 spiro atoms. The lowest BCUT2D eigenvalue weighted by Gasteiger charge is -2.44. The number of Topliss-reactive ketones (excluding diaryl/α,β-unsaturated/α-hetero) is 2. The quantitative estimate of drug-likeness (QED) is 0.350. The molecule has 5 nitrogen and oxygen atoms in total. The molecule has 3 atom stereocenters. The predicted octanol–water partition coefficient (Wildman–Crippen LogP) is 5.42. The van der Waals surface area contributed by atoms with Gasteiger partial charge in [-0.15, -0.1) is 0 Å². The molecule has 2 fully saturated rings. The number of aryl methyl sites for hydroxylation is 1. The summed E-state index contributed by atoms with van der Waals surface area (Å²) in [4.78, 5) is 33.2. The van der Waals surface area contributed by atoms with Gasteiger partial charge in [0.05, 0.1) is 13.2 Å². The van der Waals surface area contributed by atoms with Crippen molar-refractivity contribution in [2.24, 2.45) is 11.8 Å². The predicted molar refractivity (Wildman–Crippen MR) is 155 cm³/mol. The van der Waals surface area contributed by atoms with Crippen LogP contribution in [0.5, 0.6) is 0 Å². The summed E-state index contributed by atoms with van der Waals surface area (Å²) in [6.45, 7) is 11.0. The van der Waals surface area contributed by atoms with Crippen LogP contribution in [0.15, 0.2) is 78.9 Å². The summed E-state index contributed by atoms with van der Waals surface area (Å²) in [5, 5.41) is 0. The van der Waals surface area contributed by atoms with E-state index in [9.17, 15) is 9.59 Å². The van der Waals surface area contributed by atoms with Crippen LogP contribution in [-0.4, -0.2) is 73.8 Å². The molecule has 0 unspecified atom stereocenters. The molecule has 39 heavy (non-hydrogen) atoms. The van der Waals surface area contributed by atoms with E-state index in [0.29, 0.717) is 13.1 Å². The molecule has 204 valence electrons. The number of piperidine rings is 1. The molecular weight excluding hydrogens is 484 g/mol. The zero-order valence-electron chi connectivity index (χ0n) is 23.2. The minimum atomic E-state index is -0.303. The van der Waals surface area contributed by atoms with E-state index >= 15 is 0 Å². The smallest absolute Gasteiger partial charge is 0.167 e. The van der Waals surface area contributed by atoms with Crippen LogP contribution < -0.4 is 0 Å². The van der Waals surface area contributed by atoms with Crippen molar-refractivity contribution < 1.29 is 14.3 Å². The molecule has 0 bridgehead atoms. The maximum atomic E-state index is 14.2. The van der Waals surface area contributed by atoms with Crippen LogP contribution in [0, 0.1) is 25.7 Å². The number of ether oxygens (including phenoxy) is 1. The minimum Gasteiger partial charge on any atom is -0.379 e. The number of hydrogen-bond acceptors (Lipinski definition) is 5. The number of rotatable bonds is 9. The zero-order chi connectivity index (χ0) is 27.2. The zero-order valence-corrected chi connectivity index (χ0v) is 23.2. The summed E-state index contributed by atoms with van der Waals surface area (Å²) in [6.07, 6.45) is 1.01. The molecule has 0 saturated carbocycles. The van der Waals surface area contributed by atoms with Crippen LogP contribution >= 0.6 is 0 Å². The normalized spacial score (nSPS) is 22.5. The fourth-order valence-electron chi connectivity index (χ4n) is 6.36. The van der Waals surface area contributed by atoms with Crippen LogP contribution in [0.4, 0.5) is 0 Å². The van der Waals surface area contributed by atoms with Gasteiger partial charge in [-0.2, -0.15) is 0 Å². The highest BCUT2D eigenvalue weighted by molar-refractivity contribution is 6.02. The summed E-state index contributed by atoms with van der Waals surface area (Å²) in [6, 6.07) is 25.6. The number of morpholine rings is 1. The van der Waals surface area contributed by atoms with Gasteiger partial charge in [-0.05, 0) is 50.0 Å². The molecule has 5 rings (SSSR count). The molecule has 2 saturated heterocycles. The van der Waals surface area contributed by atoms with Gasteiger partial charge in [0, 0.05) is 55.1 Å². The fourth-order valence-corrected chi connectivity index (χ4v) is 6.36. The highest BCUT2D eigenvalue weighted by Crippen LogP contribution is 2.42. The van der Waals surface area contributed by atoms with Gasteiger partial charge in [0.2, 0.25) is 0 Å². The lowest BCUT2D eigenvalue weighted by Crippen LogP contribution is -2.51. The summed E-state index contributed by atoms with van der Waals surface area (Å²) in [7, 11) is 0. The van der Waals surface area contributed by atoms with E-state index in [0.717, 1.165) is 62.5 Å². The number of benzene rings is 3. The summed E-state index contributed by atoms with van der Waals surface area (Å²) < 4.78 is 5.51. The van der Waals surface area contributed by atoms with Crippen LogP contribution in [0.2, 0.25) is 0 Å². The highest BCUT2D eigenvalue weighted by Gasteiger charge is 2.45. The van der Waals surface area contributed by atoms with Crippen molar-refractivity contribution >= 4 is 11.6 Å². The summed E-state index contributed by atoms with van der Waals surface area (Å²) in [5.41, 5.74) is 4.95. The van der Waals surface area contributed by atoms with E-state index in [-0.39, 0.29) is 29.3 Å². The third-order valence-electron chi connectivity index (χ3n) is 8.62. The Labute approximate surface area is 232 Å². The van der Waals surface area contributed by atoms with Crippen molar-refractivity contribution in [3.63, 3.8) is 0 Å². The number of ketones is 2. The Morgan fingerprint density at radius 3 is 1.82 bits per heavy atom. The lowest BCUT2D eigenvalue weighted by molar-refractivity contribution is 0.0331. The highest BCUT2D eigenvalue weighted by atomic mass is 16.5. The molecular formula is C34H40N2O3. The molecule has 2 heterocycles. The first-order valence-electron chi connectivity index (χ1n) is 14.3. The Bertz CT molecular complexity index is 1190. The number of carbonyl (C=O) groups is 2. The van der Waals surface area contributed by atoms with Crippen LogP contribution in [0.1, 0.15) is 49.7 Å². The molecule has 0 radical (unpaired) electrons. The monoisotopic (exact) mass is 524 g/mol. The Balaban J connectivity index is 1.50. The number of nitrogens with zero attached hydrogens (tertiary/aromatic N) is 2. The third kappa shape index (κ3) is 6.38. The molecule has 3 aromatic carbocycles. The van der Waals surface area contributed by atoms with Crippen molar-refractivity contribution in [1.82, 2.24) is 9.80 Å². The largest absolute Gasteiger partial charge is 0.379 e. The van der Waals surface area contributed by atoms with Crippen molar-refractivity contribution in [2.75, 3.05) is 52.5 Å². The van der Waals surface area contributed by atoms with E-state index in [4.69, 9.17) is 4.74 Å². The van der Waals surface area contributed by atoms with E-state index in [2.05, 4.69) is 41.8 Å². The van der Waals surface area contributed by atoms with Gasteiger partial charge in [0.1, 0.15) is 0 Å². The summed E-state index contributed by atoms with van der Waals surface area (Å²) in [5.74, 6) is -0.526. The van der Waals surface area contributed by atoms with Gasteiger partial charge in [0.25, 0.3) is 0 Å². The van der Waals surface area contributed by atoms with Gasteiger partial charge < -0.3 is 9.64 Å².